The van der Waals surface area contributed by atoms with Gasteiger partial charge in [0.05, 0.1) is 1.37 Å². The van der Waals surface area contributed by atoms with Gasteiger partial charge in [-0.2, -0.15) is 30.5 Å². The first-order chi connectivity index (χ1) is 10.5. The Kier molecular flexibility index (Phi) is 68.8. The Morgan fingerprint density at radius 1 is 0.906 bits per heavy atom. The molecule has 0 aliphatic carbocycles. The summed E-state index contributed by atoms with van der Waals surface area (Å²) in [7, 11) is 0. The zero-order valence-electron chi connectivity index (χ0n) is 20.6. The molecule has 32 heavy (non-hydrogen) atoms. The fourth-order valence-electron chi connectivity index (χ4n) is 3.13. The monoisotopic (exact) mass is 1260 g/mol. The van der Waals surface area contributed by atoms with Crippen molar-refractivity contribution in [3.8, 4) is 0 Å². The molecule has 0 saturated heterocycles. The Morgan fingerprint density at radius 2 is 1.44 bits per heavy atom. The van der Waals surface area contributed by atoms with Crippen molar-refractivity contribution in [2.24, 2.45) is 0 Å². The van der Waals surface area contributed by atoms with Crippen LogP contribution >= 0.6 is 0 Å². The van der Waals surface area contributed by atoms with Gasteiger partial charge >= 0.3 is 0 Å². The summed E-state index contributed by atoms with van der Waals surface area (Å²) in [6.45, 7) is 8.77. The van der Waals surface area contributed by atoms with Crippen molar-refractivity contribution in [2.45, 2.75) is 45.6 Å². The summed E-state index contributed by atoms with van der Waals surface area (Å²) in [5.41, 5.74) is 4.72. The summed E-state index contributed by atoms with van der Waals surface area (Å²) < 4.78 is 8.33. The Hall–Kier alpha value is 10.4. The van der Waals surface area contributed by atoms with Gasteiger partial charge in [0.1, 0.15) is 0 Å². The second-order valence-corrected chi connectivity index (χ2v) is 6.00. The molecule has 0 unspecified atom stereocenters. The number of rotatable bonds is 3. The Balaban J connectivity index is -0.0000000748. The number of fused-ring (bicyclic) bond motifs is 1. The van der Waals surface area contributed by atoms with E-state index in [2.05, 4.69) is 63.3 Å². The van der Waals surface area contributed by atoms with Crippen LogP contribution in [0.25, 0.3) is 0 Å². The van der Waals surface area contributed by atoms with Crippen molar-refractivity contribution >= 4 is 11.4 Å². The maximum Gasteiger partial charge on any atom is 0.0645 e. The minimum Gasteiger partial charge on any atom is -0.361 e. The molecule has 0 aromatic heterocycles. The molecule has 0 bridgehead atoms. The van der Waals surface area contributed by atoms with Crippen molar-refractivity contribution < 1.29 is 361 Å². The second kappa shape index (κ2) is 35.9. The number of nitrogens with zero attached hydrogens (tertiary/aromatic N) is 1. The van der Waals surface area contributed by atoms with Crippen LogP contribution in [-0.2, 0) is 360 Å². The van der Waals surface area contributed by atoms with Crippen LogP contribution in [0.3, 0.4) is 0 Å². The van der Waals surface area contributed by atoms with E-state index in [1.165, 1.54) is 16.8 Å². The fraction of sp³-hybridized carbons (Fsp3) is 0.350. The predicted octanol–water partition coefficient (Wildman–Crippen LogP) is 5.43. The molecule has 0 spiro atoms. The average molecular weight is 1260 g/mol. The molecule has 1 nitrogen and oxygen atoms in total. The van der Waals surface area contributed by atoms with Gasteiger partial charge in [-0.05, 0) is 18.5 Å². The molecule has 0 saturated carbocycles. The standard InChI is InChI=1S/C20H23N.11Y/c1-5-14(2)17-9-8-10-18(13-17)21-16(4)15(3)19-11-6-7-12-20(19)21;;;;;;;;;;;/h5-8,10-16H,1-4H3;;;;;;;;;;;/q-2;;;;;;;;;;;/t14-,15-,16+;;;;;;;;;;;/m1.........../s1/i12T;;;;;;;;;;;. The van der Waals surface area contributed by atoms with Gasteiger partial charge in [0, 0.05) is 377 Å². The zero-order valence-corrected chi connectivity index (χ0v) is 50.8. The molecule has 0 fully saturated rings. The van der Waals surface area contributed by atoms with Crippen LogP contribution in [0.15, 0.2) is 42.4 Å². The normalized spacial score (nSPS) is 15.0. The summed E-state index contributed by atoms with van der Waals surface area (Å²) in [6, 6.07) is 16.7. The fourth-order valence-corrected chi connectivity index (χ4v) is 3.13. The van der Waals surface area contributed by atoms with E-state index in [1.54, 1.807) is 0 Å². The van der Waals surface area contributed by atoms with Crippen LogP contribution in [0.4, 0.5) is 11.4 Å². The zero-order chi connectivity index (χ0) is 15.9. The first-order valence-corrected chi connectivity index (χ1v) is 7.74. The van der Waals surface area contributed by atoms with Gasteiger partial charge in [-0.25, -0.2) is 0 Å². The maximum atomic E-state index is 8.33. The van der Waals surface area contributed by atoms with Crippen LogP contribution in [0.1, 0.15) is 52.0 Å². The number of hydrogen-bond donors (Lipinski definition) is 0. The van der Waals surface area contributed by atoms with E-state index in [-0.39, 0.29) is 360 Å². The van der Waals surface area contributed by atoms with Gasteiger partial charge in [-0.3, -0.25) is 0 Å². The topological polar surface area (TPSA) is 3.24 Å². The Morgan fingerprint density at radius 3 is 1.94 bits per heavy atom. The van der Waals surface area contributed by atoms with E-state index in [9.17, 15) is 0 Å². The van der Waals surface area contributed by atoms with Crippen LogP contribution in [0.2, 0.25) is 0 Å². The SMILES string of the molecule is [3H]c1cccc2c1N(c1cc[c-]c([C@H](C)[CH-]C)c1)[C@@H](C)[C@H]2C.[Y].[Y].[Y].[Y].[Y].[Y].[Y].[Y].[Y].[Y].[Y]. The van der Waals surface area contributed by atoms with Crippen LogP contribution in [0.5, 0.6) is 0 Å². The number of hydrogen-bond acceptors (Lipinski definition) is 1. The van der Waals surface area contributed by atoms with Crippen molar-refractivity contribution in [2.75, 3.05) is 4.90 Å². The number of anilines is 2. The van der Waals surface area contributed by atoms with Gasteiger partial charge in [0.25, 0.3) is 0 Å². The van der Waals surface area contributed by atoms with Crippen molar-refractivity contribution in [1.82, 2.24) is 0 Å². The van der Waals surface area contributed by atoms with E-state index < -0.39 is 0 Å². The van der Waals surface area contributed by atoms with E-state index in [0.29, 0.717) is 23.9 Å². The molecule has 1 aliphatic rings. The molecule has 2 aromatic carbocycles. The van der Waals surface area contributed by atoms with Crippen molar-refractivity contribution in [3.05, 3.63) is 66.1 Å². The quantitative estimate of drug-likeness (QED) is 0.372. The molecule has 12 heteroatoms. The molecule has 3 atom stereocenters. The molecule has 11 radical (unpaired) electrons. The molecule has 1 aliphatic heterocycles. The summed E-state index contributed by atoms with van der Waals surface area (Å²) >= 11 is 0. The summed E-state index contributed by atoms with van der Waals surface area (Å²) in [5, 5.41) is 0. The first kappa shape index (κ1) is 61.4. The molecule has 1 heterocycles. The molecule has 143 valence electrons. The Labute approximate surface area is 475 Å². The Bertz CT molecular complexity index is 709. The molecule has 3 rings (SSSR count). The van der Waals surface area contributed by atoms with Crippen LogP contribution in [-0.4, -0.2) is 6.04 Å². The maximum absolute atomic E-state index is 8.33. The molecular weight excluding hydrogens is 1230 g/mol. The minimum absolute atomic E-state index is 0. The van der Waals surface area contributed by atoms with Crippen LogP contribution < -0.4 is 4.90 Å². The van der Waals surface area contributed by atoms with Gasteiger partial charge in [0.2, 0.25) is 0 Å². The van der Waals surface area contributed by atoms with E-state index >= 15 is 0 Å². The molecule has 0 amide bonds. The summed E-state index contributed by atoms with van der Waals surface area (Å²) in [6.07, 6.45) is 2.19. The first-order valence-electron chi connectivity index (χ1n) is 8.24. The van der Waals surface area contributed by atoms with Crippen molar-refractivity contribution in [3.63, 3.8) is 0 Å². The second-order valence-electron chi connectivity index (χ2n) is 6.00. The molecule has 2 aromatic rings. The smallest absolute Gasteiger partial charge is 0.0645 e. The minimum atomic E-state index is 0. The van der Waals surface area contributed by atoms with Crippen molar-refractivity contribution in [1.29, 1.82) is 0 Å². The molecular formula is C20H23NY11-2. The number of benzene rings is 2. The van der Waals surface area contributed by atoms with E-state index in [1.807, 2.05) is 18.2 Å². The summed E-state index contributed by atoms with van der Waals surface area (Å²) in [4.78, 5) is 2.32. The third-order valence-electron chi connectivity index (χ3n) is 4.80. The third kappa shape index (κ3) is 19.0. The van der Waals surface area contributed by atoms with Gasteiger partial charge < -0.3 is 11.3 Å². The molecule has 0 N–H and O–H groups in total. The number of para-hydroxylation sites is 1. The van der Waals surface area contributed by atoms with E-state index in [0.717, 1.165) is 5.69 Å². The van der Waals surface area contributed by atoms with Crippen LogP contribution in [0, 0.1) is 12.5 Å². The van der Waals surface area contributed by atoms with Gasteiger partial charge in [0.15, 0.2) is 0 Å². The van der Waals surface area contributed by atoms with E-state index in [4.69, 9.17) is 1.37 Å². The van der Waals surface area contributed by atoms with Gasteiger partial charge in [-0.15, -0.1) is 12.1 Å². The summed E-state index contributed by atoms with van der Waals surface area (Å²) in [5.74, 6) is 0.823. The largest absolute Gasteiger partial charge is 0.361 e. The average Bonchev–Trinajstić information content (AvgIpc) is 2.80. The van der Waals surface area contributed by atoms with Gasteiger partial charge in [-0.1, -0.05) is 37.7 Å². The predicted molar refractivity (Wildman–Crippen MR) is 90.1 cm³/mol. The third-order valence-corrected chi connectivity index (χ3v) is 4.80.